The van der Waals surface area contributed by atoms with Gasteiger partial charge in [0.05, 0.1) is 18.8 Å². The van der Waals surface area contributed by atoms with Crippen LogP contribution >= 0.6 is 0 Å². The first-order chi connectivity index (χ1) is 6.18. The molecule has 2 rings (SSSR count). The van der Waals surface area contributed by atoms with Crippen molar-refractivity contribution in [3.05, 3.63) is 6.20 Å². The third-order valence-corrected chi connectivity index (χ3v) is 1.73. The van der Waals surface area contributed by atoms with Gasteiger partial charge in [-0.05, 0) is 5.21 Å². The predicted octanol–water partition coefficient (Wildman–Crippen LogP) is -0.807. The van der Waals surface area contributed by atoms with Crippen LogP contribution in [0.1, 0.15) is 0 Å². The molecule has 2 aromatic rings. The molecule has 0 aliphatic carbocycles. The second kappa shape index (κ2) is 2.54. The Labute approximate surface area is 74.1 Å². The Hall–Kier alpha value is -1.92. The molecule has 68 valence electrons. The van der Waals surface area contributed by atoms with E-state index in [9.17, 15) is 0 Å². The van der Waals surface area contributed by atoms with Crippen LogP contribution in [0.3, 0.4) is 0 Å². The number of nitrogens with two attached hydrogens (primary N) is 1. The lowest BCUT2D eigenvalue weighted by Gasteiger charge is -1.93. The number of hydrogen-bond acceptors (Lipinski definition) is 5. The minimum atomic E-state index is 0.494. The lowest BCUT2D eigenvalue weighted by Crippen LogP contribution is -1.98. The second-order valence-electron chi connectivity index (χ2n) is 2.67. The Kier molecular flexibility index (Phi) is 1.51. The largest absolute Gasteiger partial charge is 0.383 e. The monoisotopic (exact) mass is 179 g/mol. The van der Waals surface area contributed by atoms with Gasteiger partial charge in [0, 0.05) is 7.05 Å². The Bertz CT molecular complexity index is 426. The molecule has 0 atom stereocenters. The quantitative estimate of drug-likeness (QED) is 0.618. The molecule has 0 aliphatic heterocycles. The summed E-state index contributed by atoms with van der Waals surface area (Å²) in [4.78, 5) is 1.38. The van der Waals surface area contributed by atoms with Gasteiger partial charge in [0.1, 0.15) is 5.82 Å². The van der Waals surface area contributed by atoms with E-state index in [0.717, 1.165) is 0 Å². The Morgan fingerprint density at radius 1 is 1.38 bits per heavy atom. The van der Waals surface area contributed by atoms with Crippen LogP contribution in [0.5, 0.6) is 0 Å². The molecule has 0 saturated heterocycles. The van der Waals surface area contributed by atoms with Crippen LogP contribution in [-0.4, -0.2) is 30.0 Å². The molecule has 0 amide bonds. The van der Waals surface area contributed by atoms with Crippen molar-refractivity contribution in [3.8, 4) is 11.4 Å². The van der Waals surface area contributed by atoms with E-state index in [1.807, 2.05) is 0 Å². The molecule has 2 heterocycles. The molecule has 13 heavy (non-hydrogen) atoms. The van der Waals surface area contributed by atoms with Crippen molar-refractivity contribution in [1.29, 1.82) is 0 Å². The van der Waals surface area contributed by atoms with E-state index in [2.05, 4.69) is 20.5 Å². The van der Waals surface area contributed by atoms with Crippen LogP contribution < -0.4 is 5.73 Å². The van der Waals surface area contributed by atoms with Crippen LogP contribution in [0.2, 0.25) is 0 Å². The highest BCUT2D eigenvalue weighted by Crippen LogP contribution is 2.19. The minimum absolute atomic E-state index is 0.494. The Morgan fingerprint density at radius 2 is 2.15 bits per heavy atom. The predicted molar refractivity (Wildman–Crippen MR) is 45.4 cm³/mol. The summed E-state index contributed by atoms with van der Waals surface area (Å²) in [6.07, 6.45) is 1.62. The number of nitrogens with zero attached hydrogens (tertiary/aromatic N) is 6. The van der Waals surface area contributed by atoms with Gasteiger partial charge in [0.2, 0.25) is 5.82 Å². The van der Waals surface area contributed by atoms with Crippen molar-refractivity contribution >= 4 is 5.82 Å². The van der Waals surface area contributed by atoms with E-state index < -0.39 is 0 Å². The average Bonchev–Trinajstić information content (AvgIpc) is 2.62. The van der Waals surface area contributed by atoms with Gasteiger partial charge in [0.15, 0.2) is 0 Å². The molecular weight excluding hydrogens is 170 g/mol. The molecule has 0 fully saturated rings. The van der Waals surface area contributed by atoms with Crippen molar-refractivity contribution in [2.24, 2.45) is 14.1 Å². The summed E-state index contributed by atoms with van der Waals surface area (Å²) in [7, 11) is 3.46. The molecule has 0 spiro atoms. The number of aromatic nitrogens is 6. The SMILES string of the molecule is Cn1nnc(-c2cnn(C)c2N)n1. The maximum atomic E-state index is 5.73. The molecule has 0 aromatic carbocycles. The molecule has 2 aromatic heterocycles. The summed E-state index contributed by atoms with van der Waals surface area (Å²) in [6, 6.07) is 0. The summed E-state index contributed by atoms with van der Waals surface area (Å²) >= 11 is 0. The van der Waals surface area contributed by atoms with Crippen LogP contribution in [0, 0.1) is 0 Å². The van der Waals surface area contributed by atoms with Gasteiger partial charge >= 0.3 is 0 Å². The topological polar surface area (TPSA) is 87.4 Å². The van der Waals surface area contributed by atoms with Crippen LogP contribution in [0.25, 0.3) is 11.4 Å². The fraction of sp³-hybridized carbons (Fsp3) is 0.333. The van der Waals surface area contributed by atoms with Gasteiger partial charge in [-0.25, -0.2) is 0 Å². The van der Waals surface area contributed by atoms with Crippen molar-refractivity contribution < 1.29 is 0 Å². The molecule has 2 N–H and O–H groups in total. The van der Waals surface area contributed by atoms with Gasteiger partial charge in [-0.1, -0.05) is 0 Å². The summed E-state index contributed by atoms with van der Waals surface area (Å²) in [6.45, 7) is 0. The normalized spacial score (nSPS) is 10.6. The summed E-state index contributed by atoms with van der Waals surface area (Å²) in [5.74, 6) is 1.03. The summed E-state index contributed by atoms with van der Waals surface area (Å²) < 4.78 is 1.56. The molecule has 0 saturated carbocycles. The first-order valence-electron chi connectivity index (χ1n) is 3.70. The molecule has 0 bridgehead atoms. The van der Waals surface area contributed by atoms with Gasteiger partial charge in [-0.2, -0.15) is 9.90 Å². The van der Waals surface area contributed by atoms with Crippen molar-refractivity contribution in [3.63, 3.8) is 0 Å². The van der Waals surface area contributed by atoms with E-state index >= 15 is 0 Å². The van der Waals surface area contributed by atoms with Gasteiger partial charge in [-0.3, -0.25) is 4.68 Å². The maximum Gasteiger partial charge on any atom is 0.210 e. The maximum absolute atomic E-state index is 5.73. The average molecular weight is 179 g/mol. The van der Waals surface area contributed by atoms with E-state index in [4.69, 9.17) is 5.73 Å². The molecule has 0 unspecified atom stereocenters. The van der Waals surface area contributed by atoms with E-state index in [-0.39, 0.29) is 0 Å². The Balaban J connectivity index is 2.52. The first-order valence-corrected chi connectivity index (χ1v) is 3.70. The lowest BCUT2D eigenvalue weighted by molar-refractivity contribution is 0.630. The van der Waals surface area contributed by atoms with E-state index in [1.165, 1.54) is 4.80 Å². The zero-order valence-corrected chi connectivity index (χ0v) is 7.34. The number of aryl methyl sites for hydroxylation is 2. The fourth-order valence-corrected chi connectivity index (χ4v) is 1.01. The lowest BCUT2D eigenvalue weighted by atomic mass is 10.3. The number of anilines is 1. The Morgan fingerprint density at radius 3 is 2.62 bits per heavy atom. The number of hydrogen-bond donors (Lipinski definition) is 1. The summed E-state index contributed by atoms with van der Waals surface area (Å²) in [5.41, 5.74) is 6.43. The summed E-state index contributed by atoms with van der Waals surface area (Å²) in [5, 5.41) is 15.5. The first kappa shape index (κ1) is 7.71. The van der Waals surface area contributed by atoms with Crippen molar-refractivity contribution in [2.45, 2.75) is 0 Å². The second-order valence-corrected chi connectivity index (χ2v) is 2.67. The van der Waals surface area contributed by atoms with Gasteiger partial charge < -0.3 is 5.73 Å². The number of rotatable bonds is 1. The zero-order chi connectivity index (χ0) is 9.42. The standard InChI is InChI=1S/C6H9N7/c1-12-5(7)4(3-8-12)6-9-11-13(2)10-6/h3H,7H2,1-2H3. The fourth-order valence-electron chi connectivity index (χ4n) is 1.01. The van der Waals surface area contributed by atoms with Crippen molar-refractivity contribution in [1.82, 2.24) is 30.0 Å². The smallest absolute Gasteiger partial charge is 0.210 e. The highest BCUT2D eigenvalue weighted by atomic mass is 15.6. The zero-order valence-electron chi connectivity index (χ0n) is 7.34. The van der Waals surface area contributed by atoms with Gasteiger partial charge in [0.25, 0.3) is 0 Å². The molecule has 7 nitrogen and oxygen atoms in total. The van der Waals surface area contributed by atoms with Crippen LogP contribution in [0.15, 0.2) is 6.20 Å². The molecule has 7 heteroatoms. The third-order valence-electron chi connectivity index (χ3n) is 1.73. The van der Waals surface area contributed by atoms with Crippen LogP contribution in [0.4, 0.5) is 5.82 Å². The highest BCUT2D eigenvalue weighted by Gasteiger charge is 2.11. The molecule has 0 radical (unpaired) electrons. The third kappa shape index (κ3) is 1.13. The van der Waals surface area contributed by atoms with Crippen LogP contribution in [-0.2, 0) is 14.1 Å². The van der Waals surface area contributed by atoms with E-state index in [1.54, 1.807) is 25.0 Å². The number of tetrazole rings is 1. The molecule has 0 aliphatic rings. The van der Waals surface area contributed by atoms with Crippen molar-refractivity contribution in [2.75, 3.05) is 5.73 Å². The molecular formula is C6H9N7. The van der Waals surface area contributed by atoms with E-state index in [0.29, 0.717) is 17.2 Å². The van der Waals surface area contributed by atoms with Gasteiger partial charge in [-0.15, -0.1) is 10.2 Å². The minimum Gasteiger partial charge on any atom is -0.383 e. The highest BCUT2D eigenvalue weighted by molar-refractivity contribution is 5.66. The number of nitrogen functional groups attached to an aromatic ring is 1.